The van der Waals surface area contributed by atoms with Crippen molar-refractivity contribution in [3.05, 3.63) is 71.4 Å². The van der Waals surface area contributed by atoms with E-state index in [9.17, 15) is 4.79 Å². The Labute approximate surface area is 176 Å². The number of aryl methyl sites for hydroxylation is 2. The first-order valence-corrected chi connectivity index (χ1v) is 10.1. The number of aromatic nitrogens is 2. The summed E-state index contributed by atoms with van der Waals surface area (Å²) in [5, 5.41) is 3.96. The van der Waals surface area contributed by atoms with Crippen LogP contribution in [-0.2, 0) is 35.3 Å². The lowest BCUT2D eigenvalue weighted by Gasteiger charge is -2.27. The molecule has 7 nitrogen and oxygen atoms in total. The molecule has 0 saturated heterocycles. The minimum Gasteiger partial charge on any atom is -0.384 e. The van der Waals surface area contributed by atoms with Gasteiger partial charge in [-0.2, -0.15) is 4.98 Å². The van der Waals surface area contributed by atoms with Crippen LogP contribution in [0.25, 0.3) is 0 Å². The molecule has 156 valence electrons. The second-order valence-electron chi connectivity index (χ2n) is 7.51. The van der Waals surface area contributed by atoms with E-state index in [4.69, 9.17) is 9.26 Å². The number of rotatable bonds is 7. The Hall–Kier alpha value is -3.03. The van der Waals surface area contributed by atoms with Gasteiger partial charge in [-0.05, 0) is 43.1 Å². The lowest BCUT2D eigenvalue weighted by Crippen LogP contribution is -2.36. The van der Waals surface area contributed by atoms with E-state index >= 15 is 0 Å². The first-order valence-electron chi connectivity index (χ1n) is 10.1. The van der Waals surface area contributed by atoms with Gasteiger partial charge in [0, 0.05) is 13.5 Å². The summed E-state index contributed by atoms with van der Waals surface area (Å²) in [5.41, 5.74) is 4.29. The molecule has 1 aliphatic heterocycles. The molecule has 0 atom stereocenters. The molecule has 0 saturated carbocycles. The smallest absolute Gasteiger partial charge is 0.245 e. The molecule has 0 radical (unpaired) electrons. The molecule has 1 aromatic heterocycles. The predicted octanol–water partition coefficient (Wildman–Crippen LogP) is 3.15. The fraction of sp³-hybridized carbons (Fsp3) is 0.348. The summed E-state index contributed by atoms with van der Waals surface area (Å²) in [6.07, 6.45) is 2.43. The van der Waals surface area contributed by atoms with Gasteiger partial charge in [0.2, 0.25) is 11.8 Å². The minimum absolute atomic E-state index is 0.0124. The summed E-state index contributed by atoms with van der Waals surface area (Å²) in [4.78, 5) is 21.5. The van der Waals surface area contributed by atoms with E-state index in [1.54, 1.807) is 7.11 Å². The van der Waals surface area contributed by atoms with E-state index in [0.29, 0.717) is 31.3 Å². The van der Waals surface area contributed by atoms with E-state index in [0.717, 1.165) is 24.2 Å². The van der Waals surface area contributed by atoms with Crippen LogP contribution in [0.2, 0.25) is 0 Å². The number of fused-ring (bicyclic) bond motifs is 2. The number of benzene rings is 2. The van der Waals surface area contributed by atoms with Gasteiger partial charge in [-0.3, -0.25) is 14.6 Å². The Morgan fingerprint density at radius 1 is 1.10 bits per heavy atom. The average molecular weight is 406 g/mol. The molecular formula is C23H26N4O3. The van der Waals surface area contributed by atoms with Crippen LogP contribution in [0.15, 0.2) is 53.1 Å². The number of methoxy groups -OCH3 is 1. The highest BCUT2D eigenvalue weighted by atomic mass is 16.5. The third-order valence-electron chi connectivity index (χ3n) is 5.23. The quantitative estimate of drug-likeness (QED) is 0.600. The van der Waals surface area contributed by atoms with Gasteiger partial charge in [0.05, 0.1) is 31.1 Å². The van der Waals surface area contributed by atoms with E-state index < -0.39 is 0 Å². The third-order valence-corrected chi connectivity index (χ3v) is 5.23. The molecule has 3 aromatic rings. The summed E-state index contributed by atoms with van der Waals surface area (Å²) >= 11 is 0. The Morgan fingerprint density at radius 3 is 2.37 bits per heavy atom. The number of carbonyl (C=O) groups excluding carboxylic acids is 1. The van der Waals surface area contributed by atoms with Crippen molar-refractivity contribution in [2.45, 2.75) is 25.8 Å². The molecule has 1 amide bonds. The van der Waals surface area contributed by atoms with Crippen molar-refractivity contribution < 1.29 is 14.1 Å². The van der Waals surface area contributed by atoms with Gasteiger partial charge >= 0.3 is 0 Å². The number of anilines is 2. The standard InChI is InChI=1S/C23H26N4O3/c1-26(15-22-24-21(25-30-22)13-14-29-2)16-23(28)27-19-9-5-3-7-17(19)11-12-18-8-4-6-10-20(18)27/h3-10H,11-16H2,1-2H3. The van der Waals surface area contributed by atoms with E-state index in [1.807, 2.05) is 53.2 Å². The zero-order valence-corrected chi connectivity index (χ0v) is 17.4. The summed E-state index contributed by atoms with van der Waals surface area (Å²) < 4.78 is 10.3. The molecule has 0 spiro atoms. The summed E-state index contributed by atoms with van der Waals surface area (Å²) in [6.45, 7) is 1.18. The van der Waals surface area contributed by atoms with Crippen LogP contribution in [0.4, 0.5) is 11.4 Å². The Kier molecular flexibility index (Phi) is 6.21. The van der Waals surface area contributed by atoms with Crippen molar-refractivity contribution in [1.29, 1.82) is 0 Å². The number of hydrogen-bond donors (Lipinski definition) is 0. The molecule has 2 aromatic carbocycles. The molecule has 30 heavy (non-hydrogen) atoms. The van der Waals surface area contributed by atoms with Gasteiger partial charge in [-0.15, -0.1) is 0 Å². The van der Waals surface area contributed by atoms with Crippen LogP contribution in [-0.4, -0.2) is 48.3 Å². The number of amides is 1. The predicted molar refractivity (Wildman–Crippen MR) is 114 cm³/mol. The van der Waals surface area contributed by atoms with Gasteiger partial charge in [0.25, 0.3) is 0 Å². The molecular weight excluding hydrogens is 380 g/mol. The molecule has 0 aliphatic carbocycles. The van der Waals surface area contributed by atoms with E-state index in [-0.39, 0.29) is 12.5 Å². The highest BCUT2D eigenvalue weighted by Gasteiger charge is 2.26. The maximum Gasteiger partial charge on any atom is 0.245 e. The molecule has 1 aliphatic rings. The minimum atomic E-state index is 0.0124. The highest BCUT2D eigenvalue weighted by molar-refractivity contribution is 6.03. The van der Waals surface area contributed by atoms with Crippen LogP contribution in [0.1, 0.15) is 22.8 Å². The SMILES string of the molecule is COCCc1noc(CN(C)CC(=O)N2c3ccccc3CCc3ccccc32)n1. The number of likely N-dealkylation sites (N-methyl/N-ethyl adjacent to an activating group) is 1. The van der Waals surface area contributed by atoms with Gasteiger partial charge in [0.15, 0.2) is 5.82 Å². The van der Waals surface area contributed by atoms with Gasteiger partial charge in [-0.1, -0.05) is 41.6 Å². The van der Waals surface area contributed by atoms with Gasteiger partial charge in [0.1, 0.15) is 0 Å². The molecule has 7 heteroatoms. The van der Waals surface area contributed by atoms with Crippen LogP contribution >= 0.6 is 0 Å². The monoisotopic (exact) mass is 406 g/mol. The maximum absolute atomic E-state index is 13.4. The third kappa shape index (κ3) is 4.42. The number of carbonyl (C=O) groups is 1. The number of para-hydroxylation sites is 2. The van der Waals surface area contributed by atoms with Crippen molar-refractivity contribution in [1.82, 2.24) is 15.0 Å². The first kappa shape index (κ1) is 20.3. The fourth-order valence-corrected chi connectivity index (χ4v) is 3.79. The summed E-state index contributed by atoms with van der Waals surface area (Å²) in [5.74, 6) is 1.12. The Balaban J connectivity index is 1.52. The second kappa shape index (κ2) is 9.19. The van der Waals surface area contributed by atoms with Crippen molar-refractivity contribution in [2.24, 2.45) is 0 Å². The van der Waals surface area contributed by atoms with Crippen LogP contribution < -0.4 is 4.90 Å². The van der Waals surface area contributed by atoms with E-state index in [2.05, 4.69) is 22.3 Å². The van der Waals surface area contributed by atoms with Crippen molar-refractivity contribution in [3.8, 4) is 0 Å². The Morgan fingerprint density at radius 2 is 1.73 bits per heavy atom. The molecule has 0 N–H and O–H groups in total. The van der Waals surface area contributed by atoms with E-state index in [1.165, 1.54) is 11.1 Å². The molecule has 0 fully saturated rings. The molecule has 0 unspecified atom stereocenters. The zero-order valence-electron chi connectivity index (χ0n) is 17.4. The van der Waals surface area contributed by atoms with Crippen LogP contribution in [0.5, 0.6) is 0 Å². The molecule has 2 heterocycles. The normalized spacial score (nSPS) is 13.1. The highest BCUT2D eigenvalue weighted by Crippen LogP contribution is 2.36. The average Bonchev–Trinajstić information content (AvgIpc) is 3.11. The fourth-order valence-electron chi connectivity index (χ4n) is 3.79. The van der Waals surface area contributed by atoms with Crippen LogP contribution in [0, 0.1) is 0 Å². The topological polar surface area (TPSA) is 71.7 Å². The zero-order chi connectivity index (χ0) is 20.9. The Bertz CT molecular complexity index is 969. The number of ether oxygens (including phenoxy) is 1. The van der Waals surface area contributed by atoms with Crippen LogP contribution in [0.3, 0.4) is 0 Å². The number of nitrogens with zero attached hydrogens (tertiary/aromatic N) is 4. The molecule has 0 bridgehead atoms. The van der Waals surface area contributed by atoms with Gasteiger partial charge in [-0.25, -0.2) is 0 Å². The van der Waals surface area contributed by atoms with Gasteiger partial charge < -0.3 is 9.26 Å². The number of hydrogen-bond acceptors (Lipinski definition) is 6. The maximum atomic E-state index is 13.4. The second-order valence-corrected chi connectivity index (χ2v) is 7.51. The summed E-state index contributed by atoms with van der Waals surface area (Å²) in [6, 6.07) is 16.3. The lowest BCUT2D eigenvalue weighted by molar-refractivity contribution is -0.118. The largest absolute Gasteiger partial charge is 0.384 e. The summed E-state index contributed by atoms with van der Waals surface area (Å²) in [7, 11) is 3.52. The molecule has 4 rings (SSSR count). The van der Waals surface area contributed by atoms with Crippen molar-refractivity contribution >= 4 is 17.3 Å². The lowest BCUT2D eigenvalue weighted by atomic mass is 10.0. The van der Waals surface area contributed by atoms with Crippen molar-refractivity contribution in [3.63, 3.8) is 0 Å². The first-order chi connectivity index (χ1) is 14.7. The van der Waals surface area contributed by atoms with Crippen molar-refractivity contribution in [2.75, 3.05) is 32.2 Å².